The first-order valence-corrected chi connectivity index (χ1v) is 10.6. The summed E-state index contributed by atoms with van der Waals surface area (Å²) in [6, 6.07) is 5.33. The van der Waals surface area contributed by atoms with Crippen LogP contribution in [0.1, 0.15) is 30.4 Å². The van der Waals surface area contributed by atoms with Crippen molar-refractivity contribution in [3.63, 3.8) is 0 Å². The average molecular weight is 420 g/mol. The summed E-state index contributed by atoms with van der Waals surface area (Å²) in [4.78, 5) is 12.0. The zero-order valence-corrected chi connectivity index (χ0v) is 17.4. The van der Waals surface area contributed by atoms with Crippen LogP contribution in [0.15, 0.2) is 23.1 Å². The number of hydrogen-bond acceptors (Lipinski definition) is 5. The molecule has 1 aliphatic carbocycles. The zero-order valence-electron chi connectivity index (χ0n) is 15.8. The lowest BCUT2D eigenvalue weighted by Gasteiger charge is -2.16. The third-order valence-electron chi connectivity index (χ3n) is 4.38. The van der Waals surface area contributed by atoms with Crippen LogP contribution < -0.4 is 15.4 Å². The van der Waals surface area contributed by atoms with Gasteiger partial charge in [-0.2, -0.15) is 0 Å². The normalized spacial score (nSPS) is 13.5. The molecule has 0 heterocycles. The summed E-state index contributed by atoms with van der Waals surface area (Å²) in [5.41, 5.74) is 2.37. The number of methoxy groups -OCH3 is 1. The first kappa shape index (κ1) is 23.8. The molecule has 0 bridgehead atoms. The molecule has 3 N–H and O–H groups in total. The quantitative estimate of drug-likeness (QED) is 0.465. The van der Waals surface area contributed by atoms with Gasteiger partial charge in [-0.25, -0.2) is 13.1 Å². The van der Waals surface area contributed by atoms with E-state index in [2.05, 4.69) is 15.4 Å². The molecule has 0 radical (unpaired) electrons. The lowest BCUT2D eigenvalue weighted by molar-refractivity contribution is -0.120. The molecule has 2 rings (SSSR count). The summed E-state index contributed by atoms with van der Waals surface area (Å²) in [5.74, 6) is -0.174. The molecule has 0 aliphatic heterocycles. The van der Waals surface area contributed by atoms with Crippen LogP contribution in [0.5, 0.6) is 0 Å². The Bertz CT molecular complexity index is 698. The number of carbonyl (C=O) groups excluding carboxylic acids is 1. The lowest BCUT2D eigenvalue weighted by Crippen LogP contribution is -2.35. The number of benzene rings is 1. The van der Waals surface area contributed by atoms with Gasteiger partial charge in [0.15, 0.2) is 0 Å². The highest BCUT2D eigenvalue weighted by molar-refractivity contribution is 7.89. The fraction of sp³-hybridized carbons (Fsp3) is 0.611. The van der Waals surface area contributed by atoms with Crippen molar-refractivity contribution in [1.29, 1.82) is 0 Å². The van der Waals surface area contributed by atoms with Gasteiger partial charge in [0.05, 0.1) is 11.5 Å². The Hall–Kier alpha value is -1.19. The Labute approximate surface area is 168 Å². The van der Waals surface area contributed by atoms with Crippen LogP contribution in [0.3, 0.4) is 0 Å². The smallest absolute Gasteiger partial charge is 0.240 e. The van der Waals surface area contributed by atoms with Gasteiger partial charge in [-0.1, -0.05) is 6.07 Å². The van der Waals surface area contributed by atoms with E-state index in [1.807, 2.05) is 6.07 Å². The first-order chi connectivity index (χ1) is 12.5. The van der Waals surface area contributed by atoms with Crippen LogP contribution in [0.2, 0.25) is 0 Å². The highest BCUT2D eigenvalue weighted by Gasteiger charge is 2.17. The van der Waals surface area contributed by atoms with Gasteiger partial charge >= 0.3 is 0 Å². The summed E-state index contributed by atoms with van der Waals surface area (Å²) in [5, 5.41) is 5.87. The van der Waals surface area contributed by atoms with E-state index in [1.54, 1.807) is 19.2 Å². The molecule has 1 aromatic carbocycles. The zero-order chi connectivity index (χ0) is 18.8. The minimum Gasteiger partial charge on any atom is -0.383 e. The van der Waals surface area contributed by atoms with E-state index < -0.39 is 10.0 Å². The van der Waals surface area contributed by atoms with Crippen LogP contribution >= 0.6 is 12.4 Å². The van der Waals surface area contributed by atoms with Crippen LogP contribution in [-0.4, -0.2) is 54.2 Å². The van der Waals surface area contributed by atoms with Crippen LogP contribution in [-0.2, 0) is 32.4 Å². The standard InChI is InChI=1S/C18H29N3O4S.ClH/c1-25-13-12-19-10-11-20-18(22)8-9-21-26(23,24)17-7-6-15-4-2-3-5-16(15)14-17;/h6-7,14,19,21H,2-5,8-13H2,1H3,(H,20,22);1H. The third-order valence-corrected chi connectivity index (χ3v) is 5.84. The minimum absolute atomic E-state index is 0. The van der Waals surface area contributed by atoms with E-state index in [0.29, 0.717) is 19.7 Å². The average Bonchev–Trinajstić information content (AvgIpc) is 2.64. The largest absolute Gasteiger partial charge is 0.383 e. The number of hydrogen-bond donors (Lipinski definition) is 3. The van der Waals surface area contributed by atoms with E-state index in [9.17, 15) is 13.2 Å². The fourth-order valence-corrected chi connectivity index (χ4v) is 4.02. The van der Waals surface area contributed by atoms with Gasteiger partial charge in [-0.05, 0) is 48.9 Å². The van der Waals surface area contributed by atoms with Crippen molar-refractivity contribution >= 4 is 28.3 Å². The monoisotopic (exact) mass is 419 g/mol. The van der Waals surface area contributed by atoms with E-state index >= 15 is 0 Å². The number of nitrogens with one attached hydrogen (secondary N) is 3. The Morgan fingerprint density at radius 3 is 2.56 bits per heavy atom. The lowest BCUT2D eigenvalue weighted by atomic mass is 9.92. The van der Waals surface area contributed by atoms with Crippen LogP contribution in [0.4, 0.5) is 0 Å². The van der Waals surface area contributed by atoms with Crippen molar-refractivity contribution < 1.29 is 17.9 Å². The second kappa shape index (κ2) is 12.3. The van der Waals surface area contributed by atoms with Gasteiger partial charge in [0, 0.05) is 39.7 Å². The van der Waals surface area contributed by atoms with Crippen molar-refractivity contribution in [2.45, 2.75) is 37.0 Å². The van der Waals surface area contributed by atoms with Crippen LogP contribution in [0, 0.1) is 0 Å². The molecular formula is C18H30ClN3O4S. The number of halogens is 1. The molecule has 0 unspecified atom stereocenters. The number of ether oxygens (including phenoxy) is 1. The molecule has 0 fully saturated rings. The summed E-state index contributed by atoms with van der Waals surface area (Å²) < 4.78 is 32.2. The maximum absolute atomic E-state index is 12.4. The summed E-state index contributed by atoms with van der Waals surface area (Å²) in [7, 11) is -1.95. The number of carbonyl (C=O) groups is 1. The second-order valence-electron chi connectivity index (χ2n) is 6.38. The molecule has 9 heteroatoms. The predicted molar refractivity (Wildman–Crippen MR) is 108 cm³/mol. The maximum atomic E-state index is 12.4. The SMILES string of the molecule is COCCNCCNC(=O)CCNS(=O)(=O)c1ccc2c(c1)CCCC2.Cl. The highest BCUT2D eigenvalue weighted by Crippen LogP contribution is 2.23. The Balaban J connectivity index is 0.00000364. The fourth-order valence-electron chi connectivity index (χ4n) is 2.94. The molecule has 27 heavy (non-hydrogen) atoms. The van der Waals surface area contributed by atoms with Crippen molar-refractivity contribution in [1.82, 2.24) is 15.4 Å². The molecular weight excluding hydrogens is 390 g/mol. The number of aryl methyl sites for hydroxylation is 2. The number of amides is 1. The summed E-state index contributed by atoms with van der Waals surface area (Å²) in [6.07, 6.45) is 4.32. The molecule has 1 aliphatic rings. The van der Waals surface area contributed by atoms with Crippen molar-refractivity contribution in [2.75, 3.05) is 39.9 Å². The van der Waals surface area contributed by atoms with Gasteiger partial charge in [-0.15, -0.1) is 12.4 Å². The molecule has 0 aromatic heterocycles. The van der Waals surface area contributed by atoms with E-state index in [1.165, 1.54) is 5.56 Å². The molecule has 0 saturated heterocycles. The Morgan fingerprint density at radius 1 is 1.07 bits per heavy atom. The van der Waals surface area contributed by atoms with E-state index in [-0.39, 0.29) is 36.2 Å². The third kappa shape index (κ3) is 8.15. The molecule has 1 aromatic rings. The van der Waals surface area contributed by atoms with E-state index in [4.69, 9.17) is 4.74 Å². The van der Waals surface area contributed by atoms with E-state index in [0.717, 1.165) is 37.8 Å². The number of sulfonamides is 1. The summed E-state index contributed by atoms with van der Waals surface area (Å²) >= 11 is 0. The van der Waals surface area contributed by atoms with Crippen LogP contribution in [0.25, 0.3) is 0 Å². The summed E-state index contributed by atoms with van der Waals surface area (Å²) in [6.45, 7) is 2.59. The Kier molecular flexibility index (Phi) is 10.9. The Morgan fingerprint density at radius 2 is 1.81 bits per heavy atom. The topological polar surface area (TPSA) is 96.5 Å². The number of fused-ring (bicyclic) bond motifs is 1. The van der Waals surface area contributed by atoms with Gasteiger partial charge in [0.1, 0.15) is 0 Å². The van der Waals surface area contributed by atoms with Gasteiger partial charge < -0.3 is 15.4 Å². The maximum Gasteiger partial charge on any atom is 0.240 e. The predicted octanol–water partition coefficient (Wildman–Crippen LogP) is 1.01. The molecule has 1 amide bonds. The minimum atomic E-state index is -3.58. The molecule has 154 valence electrons. The first-order valence-electron chi connectivity index (χ1n) is 9.11. The van der Waals surface area contributed by atoms with Gasteiger partial charge in [-0.3, -0.25) is 4.79 Å². The van der Waals surface area contributed by atoms with Gasteiger partial charge in [0.25, 0.3) is 0 Å². The van der Waals surface area contributed by atoms with Crippen molar-refractivity contribution in [2.24, 2.45) is 0 Å². The second-order valence-corrected chi connectivity index (χ2v) is 8.15. The number of rotatable bonds is 11. The molecule has 7 nitrogen and oxygen atoms in total. The highest BCUT2D eigenvalue weighted by atomic mass is 35.5. The van der Waals surface area contributed by atoms with Gasteiger partial charge in [0.2, 0.25) is 15.9 Å². The molecule has 0 spiro atoms. The molecule has 0 atom stereocenters. The molecule has 0 saturated carbocycles. The van der Waals surface area contributed by atoms with Crippen molar-refractivity contribution in [3.8, 4) is 0 Å². The van der Waals surface area contributed by atoms with Crippen molar-refractivity contribution in [3.05, 3.63) is 29.3 Å².